The van der Waals surface area contributed by atoms with Crippen LogP contribution in [0.2, 0.25) is 0 Å². The molecule has 1 saturated heterocycles. The summed E-state index contributed by atoms with van der Waals surface area (Å²) in [5.41, 5.74) is 0.579. The fourth-order valence-electron chi connectivity index (χ4n) is 2.29. The normalized spacial score (nSPS) is 18.4. The van der Waals surface area contributed by atoms with E-state index in [1.54, 1.807) is 6.07 Å². The molecule has 1 aromatic rings. The highest BCUT2D eigenvalue weighted by atomic mass is 32.2. The van der Waals surface area contributed by atoms with Crippen LogP contribution in [-0.4, -0.2) is 44.1 Å². The number of rotatable bonds is 7. The van der Waals surface area contributed by atoms with E-state index < -0.39 is 10.2 Å². The Bertz CT molecular complexity index is 481. The molecule has 1 aliphatic rings. The second kappa shape index (κ2) is 7.16. The molecule has 0 amide bonds. The summed E-state index contributed by atoms with van der Waals surface area (Å²) in [6.45, 7) is 5.31. The zero-order chi connectivity index (χ0) is 14.4. The van der Waals surface area contributed by atoms with Gasteiger partial charge < -0.3 is 9.84 Å². The zero-order valence-electron chi connectivity index (χ0n) is 11.7. The SMILES string of the molecule is CCNCC1CCN(S(=O)(=O)NCc2ccon2)CC1. The van der Waals surface area contributed by atoms with Crippen molar-refractivity contribution >= 4 is 10.2 Å². The molecule has 0 unspecified atom stereocenters. The van der Waals surface area contributed by atoms with Crippen LogP contribution in [0.4, 0.5) is 0 Å². The van der Waals surface area contributed by atoms with Gasteiger partial charge in [-0.1, -0.05) is 12.1 Å². The number of hydrogen-bond acceptors (Lipinski definition) is 5. The second-order valence-electron chi connectivity index (χ2n) is 4.97. The molecular formula is C12H22N4O3S. The van der Waals surface area contributed by atoms with Crippen LogP contribution in [-0.2, 0) is 16.8 Å². The smallest absolute Gasteiger partial charge is 0.279 e. The van der Waals surface area contributed by atoms with Crippen molar-refractivity contribution in [1.29, 1.82) is 0 Å². The predicted octanol–water partition coefficient (Wildman–Crippen LogP) is 0.331. The molecule has 0 aromatic carbocycles. The van der Waals surface area contributed by atoms with Crippen molar-refractivity contribution in [3.63, 3.8) is 0 Å². The first kappa shape index (κ1) is 15.4. The van der Waals surface area contributed by atoms with Crippen molar-refractivity contribution in [2.24, 2.45) is 5.92 Å². The summed E-state index contributed by atoms with van der Waals surface area (Å²) in [4.78, 5) is 0. The minimum Gasteiger partial charge on any atom is -0.364 e. The maximum atomic E-state index is 12.1. The van der Waals surface area contributed by atoms with E-state index in [1.165, 1.54) is 10.6 Å². The topological polar surface area (TPSA) is 87.5 Å². The van der Waals surface area contributed by atoms with E-state index in [0.29, 0.717) is 24.7 Å². The van der Waals surface area contributed by atoms with Gasteiger partial charge in [0.05, 0.1) is 12.2 Å². The van der Waals surface area contributed by atoms with Gasteiger partial charge in [-0.25, -0.2) is 0 Å². The van der Waals surface area contributed by atoms with Crippen LogP contribution in [0.3, 0.4) is 0 Å². The molecule has 2 heterocycles. The summed E-state index contributed by atoms with van der Waals surface area (Å²) in [7, 11) is -3.42. The molecule has 0 spiro atoms. The van der Waals surface area contributed by atoms with E-state index in [1.807, 2.05) is 0 Å². The largest absolute Gasteiger partial charge is 0.364 e. The first-order valence-electron chi connectivity index (χ1n) is 6.96. The van der Waals surface area contributed by atoms with Gasteiger partial charge in [-0.15, -0.1) is 0 Å². The summed E-state index contributed by atoms with van der Waals surface area (Å²) in [5, 5.41) is 6.99. The Morgan fingerprint density at radius 2 is 2.20 bits per heavy atom. The van der Waals surface area contributed by atoms with E-state index in [0.717, 1.165) is 25.9 Å². The molecule has 8 heteroatoms. The lowest BCUT2D eigenvalue weighted by atomic mass is 9.98. The van der Waals surface area contributed by atoms with E-state index >= 15 is 0 Å². The summed E-state index contributed by atoms with van der Waals surface area (Å²) >= 11 is 0. The first-order valence-corrected chi connectivity index (χ1v) is 8.40. The quantitative estimate of drug-likeness (QED) is 0.758. The number of nitrogens with zero attached hydrogens (tertiary/aromatic N) is 2. The zero-order valence-corrected chi connectivity index (χ0v) is 12.5. The van der Waals surface area contributed by atoms with Crippen LogP contribution >= 0.6 is 0 Å². The Morgan fingerprint density at radius 3 is 2.80 bits per heavy atom. The molecule has 0 saturated carbocycles. The maximum absolute atomic E-state index is 12.1. The summed E-state index contributed by atoms with van der Waals surface area (Å²) in [6, 6.07) is 1.64. The van der Waals surface area contributed by atoms with Gasteiger partial charge >= 0.3 is 0 Å². The first-order chi connectivity index (χ1) is 9.62. The molecule has 20 heavy (non-hydrogen) atoms. The van der Waals surface area contributed by atoms with Crippen LogP contribution in [0.5, 0.6) is 0 Å². The molecular weight excluding hydrogens is 280 g/mol. The summed E-state index contributed by atoms with van der Waals surface area (Å²) < 4.78 is 33.0. The van der Waals surface area contributed by atoms with Crippen molar-refractivity contribution in [3.8, 4) is 0 Å². The van der Waals surface area contributed by atoms with Crippen LogP contribution in [0.15, 0.2) is 16.9 Å². The van der Waals surface area contributed by atoms with Gasteiger partial charge in [-0.05, 0) is 31.8 Å². The van der Waals surface area contributed by atoms with Crippen LogP contribution in [0, 0.1) is 5.92 Å². The van der Waals surface area contributed by atoms with Crippen molar-refractivity contribution in [2.75, 3.05) is 26.2 Å². The maximum Gasteiger partial charge on any atom is 0.279 e. The molecule has 0 aliphatic carbocycles. The van der Waals surface area contributed by atoms with Crippen molar-refractivity contribution in [2.45, 2.75) is 26.3 Å². The third-order valence-electron chi connectivity index (χ3n) is 3.52. The number of piperidine rings is 1. The number of aromatic nitrogens is 1. The van der Waals surface area contributed by atoms with E-state index in [9.17, 15) is 8.42 Å². The highest BCUT2D eigenvalue weighted by molar-refractivity contribution is 7.87. The molecule has 1 aromatic heterocycles. The van der Waals surface area contributed by atoms with Crippen LogP contribution < -0.4 is 10.0 Å². The Balaban J connectivity index is 1.79. The van der Waals surface area contributed by atoms with Gasteiger partial charge in [0.25, 0.3) is 10.2 Å². The Labute approximate surface area is 119 Å². The average Bonchev–Trinajstić information content (AvgIpc) is 2.97. The molecule has 0 atom stereocenters. The molecule has 114 valence electrons. The second-order valence-corrected chi connectivity index (χ2v) is 6.72. The van der Waals surface area contributed by atoms with Gasteiger partial charge in [0.2, 0.25) is 0 Å². The van der Waals surface area contributed by atoms with Gasteiger partial charge in [0, 0.05) is 19.2 Å². The molecule has 2 rings (SSSR count). The minimum atomic E-state index is -3.42. The van der Waals surface area contributed by atoms with Crippen molar-refractivity contribution < 1.29 is 12.9 Å². The molecule has 7 nitrogen and oxygen atoms in total. The van der Waals surface area contributed by atoms with Crippen molar-refractivity contribution in [1.82, 2.24) is 19.5 Å². The van der Waals surface area contributed by atoms with E-state index in [2.05, 4.69) is 26.6 Å². The fourth-order valence-corrected chi connectivity index (χ4v) is 3.49. The van der Waals surface area contributed by atoms with Gasteiger partial charge in [-0.3, -0.25) is 0 Å². The van der Waals surface area contributed by atoms with Gasteiger partial charge in [-0.2, -0.15) is 17.4 Å². The Hall–Kier alpha value is -0.960. The molecule has 1 aliphatic heterocycles. The lowest BCUT2D eigenvalue weighted by molar-refractivity contribution is 0.266. The monoisotopic (exact) mass is 302 g/mol. The minimum absolute atomic E-state index is 0.163. The van der Waals surface area contributed by atoms with E-state index in [4.69, 9.17) is 0 Å². The number of nitrogens with one attached hydrogen (secondary N) is 2. The standard InChI is InChI=1S/C12H22N4O3S/c1-2-13-9-11-3-6-16(7-4-11)20(17,18)14-10-12-5-8-19-15-12/h5,8,11,13-14H,2-4,6-7,9-10H2,1H3. The van der Waals surface area contributed by atoms with E-state index in [-0.39, 0.29) is 6.54 Å². The van der Waals surface area contributed by atoms with Crippen LogP contribution in [0.1, 0.15) is 25.5 Å². The lowest BCUT2D eigenvalue weighted by Gasteiger charge is -2.31. The third-order valence-corrected chi connectivity index (χ3v) is 5.08. The van der Waals surface area contributed by atoms with Gasteiger partial charge in [0.1, 0.15) is 6.26 Å². The highest BCUT2D eigenvalue weighted by Gasteiger charge is 2.27. The van der Waals surface area contributed by atoms with Crippen LogP contribution in [0.25, 0.3) is 0 Å². The average molecular weight is 302 g/mol. The summed E-state index contributed by atoms with van der Waals surface area (Å²) in [5.74, 6) is 0.567. The Kier molecular flexibility index (Phi) is 5.53. The predicted molar refractivity (Wildman–Crippen MR) is 75.1 cm³/mol. The highest BCUT2D eigenvalue weighted by Crippen LogP contribution is 2.18. The lowest BCUT2D eigenvalue weighted by Crippen LogP contribution is -2.45. The number of hydrogen-bond donors (Lipinski definition) is 2. The third kappa shape index (κ3) is 4.27. The van der Waals surface area contributed by atoms with Gasteiger partial charge in [0.15, 0.2) is 0 Å². The Morgan fingerprint density at radius 1 is 1.45 bits per heavy atom. The molecule has 0 radical (unpaired) electrons. The fraction of sp³-hybridized carbons (Fsp3) is 0.750. The summed E-state index contributed by atoms with van der Waals surface area (Å²) in [6.07, 6.45) is 3.23. The molecule has 1 fully saturated rings. The molecule has 0 bridgehead atoms. The van der Waals surface area contributed by atoms with Crippen molar-refractivity contribution in [3.05, 3.63) is 18.0 Å². The molecule has 2 N–H and O–H groups in total.